The number of aliphatic hydroxyl groups excluding tert-OH is 1. The van der Waals surface area contributed by atoms with Crippen LogP contribution in [0.3, 0.4) is 0 Å². The topological polar surface area (TPSA) is 29.5 Å². The highest BCUT2D eigenvalue weighted by atomic mass is 16.5. The fourth-order valence-electron chi connectivity index (χ4n) is 2.53. The average molecular weight is 284 g/mol. The molecule has 0 saturated heterocycles. The Hall–Kier alpha value is -1.64. The maximum absolute atomic E-state index is 10.7. The van der Waals surface area contributed by atoms with Crippen LogP contribution in [0.25, 0.3) is 0 Å². The standard InChI is InChI=1S/C19H24O2/c1-19(2,17-7-5-4-6-8-17)18(20)16-11-9-15(10-12-16)13-14-21-3/h4-12,18,20H,13-14H2,1-3H3. The Balaban J connectivity index is 2.17. The Morgan fingerprint density at radius 1 is 1.00 bits per heavy atom. The van der Waals surface area contributed by atoms with E-state index in [1.165, 1.54) is 5.56 Å². The van der Waals surface area contributed by atoms with E-state index < -0.39 is 6.10 Å². The summed E-state index contributed by atoms with van der Waals surface area (Å²) in [6, 6.07) is 18.3. The third kappa shape index (κ3) is 3.72. The second-order valence-corrected chi connectivity index (χ2v) is 5.97. The van der Waals surface area contributed by atoms with Gasteiger partial charge in [0, 0.05) is 12.5 Å². The number of hydrogen-bond donors (Lipinski definition) is 1. The largest absolute Gasteiger partial charge is 0.388 e. The lowest BCUT2D eigenvalue weighted by Gasteiger charge is -2.31. The Labute approximate surface area is 127 Å². The van der Waals surface area contributed by atoms with Crippen LogP contribution in [0.1, 0.15) is 36.6 Å². The lowest BCUT2D eigenvalue weighted by molar-refractivity contribution is 0.100. The minimum Gasteiger partial charge on any atom is -0.388 e. The molecule has 0 amide bonds. The fraction of sp³-hybridized carbons (Fsp3) is 0.368. The van der Waals surface area contributed by atoms with Gasteiger partial charge in [0.25, 0.3) is 0 Å². The van der Waals surface area contributed by atoms with Gasteiger partial charge in [0.05, 0.1) is 12.7 Å². The summed E-state index contributed by atoms with van der Waals surface area (Å²) in [5.41, 5.74) is 2.99. The monoisotopic (exact) mass is 284 g/mol. The molecule has 0 aromatic heterocycles. The van der Waals surface area contributed by atoms with Gasteiger partial charge in [-0.1, -0.05) is 68.4 Å². The number of ether oxygens (including phenoxy) is 1. The SMILES string of the molecule is COCCc1ccc(C(O)C(C)(C)c2ccccc2)cc1. The van der Waals surface area contributed by atoms with Crippen molar-refractivity contribution >= 4 is 0 Å². The van der Waals surface area contributed by atoms with Crippen molar-refractivity contribution in [2.45, 2.75) is 31.8 Å². The summed E-state index contributed by atoms with van der Waals surface area (Å²) in [5, 5.41) is 10.7. The van der Waals surface area contributed by atoms with Crippen LogP contribution in [-0.2, 0) is 16.6 Å². The number of benzene rings is 2. The van der Waals surface area contributed by atoms with E-state index in [1.54, 1.807) is 7.11 Å². The summed E-state index contributed by atoms with van der Waals surface area (Å²) in [6.07, 6.45) is 0.367. The fourth-order valence-corrected chi connectivity index (χ4v) is 2.53. The molecule has 112 valence electrons. The molecule has 21 heavy (non-hydrogen) atoms. The highest BCUT2D eigenvalue weighted by molar-refractivity contribution is 5.32. The Morgan fingerprint density at radius 3 is 2.19 bits per heavy atom. The number of methoxy groups -OCH3 is 1. The average Bonchev–Trinajstić information content (AvgIpc) is 2.53. The maximum Gasteiger partial charge on any atom is 0.0881 e. The Bertz CT molecular complexity index is 544. The van der Waals surface area contributed by atoms with Crippen molar-refractivity contribution in [3.05, 3.63) is 71.3 Å². The van der Waals surface area contributed by atoms with Crippen LogP contribution in [0.4, 0.5) is 0 Å². The molecular formula is C19H24O2. The second-order valence-electron chi connectivity index (χ2n) is 5.97. The predicted octanol–water partition coefficient (Wildman–Crippen LogP) is 3.89. The molecule has 0 aliphatic rings. The van der Waals surface area contributed by atoms with Crippen molar-refractivity contribution < 1.29 is 9.84 Å². The third-order valence-corrected chi connectivity index (χ3v) is 4.09. The van der Waals surface area contributed by atoms with Crippen LogP contribution in [0.5, 0.6) is 0 Å². The number of rotatable bonds is 6. The van der Waals surface area contributed by atoms with Gasteiger partial charge in [-0.25, -0.2) is 0 Å². The van der Waals surface area contributed by atoms with Crippen LogP contribution >= 0.6 is 0 Å². The summed E-state index contributed by atoms with van der Waals surface area (Å²) in [4.78, 5) is 0. The van der Waals surface area contributed by atoms with E-state index in [-0.39, 0.29) is 5.41 Å². The molecule has 0 bridgehead atoms. The van der Waals surface area contributed by atoms with Gasteiger partial charge in [-0.2, -0.15) is 0 Å². The summed E-state index contributed by atoms with van der Waals surface area (Å²) in [5.74, 6) is 0. The summed E-state index contributed by atoms with van der Waals surface area (Å²) in [6.45, 7) is 4.87. The van der Waals surface area contributed by atoms with E-state index in [4.69, 9.17) is 4.74 Å². The van der Waals surface area contributed by atoms with Crippen LogP contribution in [0.15, 0.2) is 54.6 Å². The summed E-state index contributed by atoms with van der Waals surface area (Å²) in [7, 11) is 1.71. The molecule has 1 N–H and O–H groups in total. The van der Waals surface area contributed by atoms with E-state index in [9.17, 15) is 5.11 Å². The molecule has 0 aliphatic heterocycles. The summed E-state index contributed by atoms with van der Waals surface area (Å²) >= 11 is 0. The van der Waals surface area contributed by atoms with E-state index in [2.05, 4.69) is 38.1 Å². The zero-order chi connectivity index (χ0) is 15.3. The molecule has 1 atom stereocenters. The molecule has 1 unspecified atom stereocenters. The van der Waals surface area contributed by atoms with Gasteiger partial charge in [-0.05, 0) is 23.1 Å². The number of aliphatic hydroxyl groups is 1. The third-order valence-electron chi connectivity index (χ3n) is 4.09. The normalized spacial score (nSPS) is 13.1. The molecule has 2 heteroatoms. The highest BCUT2D eigenvalue weighted by Crippen LogP contribution is 2.36. The maximum atomic E-state index is 10.7. The molecule has 0 saturated carbocycles. The molecule has 0 heterocycles. The first-order chi connectivity index (χ1) is 10.1. The first-order valence-corrected chi connectivity index (χ1v) is 7.37. The molecule has 2 aromatic carbocycles. The van der Waals surface area contributed by atoms with E-state index in [0.29, 0.717) is 0 Å². The zero-order valence-electron chi connectivity index (χ0n) is 13.0. The van der Waals surface area contributed by atoms with E-state index in [1.807, 2.05) is 30.3 Å². The van der Waals surface area contributed by atoms with Crippen molar-refractivity contribution in [2.75, 3.05) is 13.7 Å². The smallest absolute Gasteiger partial charge is 0.0881 e. The van der Waals surface area contributed by atoms with E-state index in [0.717, 1.165) is 24.2 Å². The molecule has 2 rings (SSSR count). The predicted molar refractivity (Wildman–Crippen MR) is 86.4 cm³/mol. The van der Waals surface area contributed by atoms with Gasteiger partial charge >= 0.3 is 0 Å². The Morgan fingerprint density at radius 2 is 1.62 bits per heavy atom. The van der Waals surface area contributed by atoms with Gasteiger partial charge in [0.15, 0.2) is 0 Å². The molecule has 0 spiro atoms. The van der Waals surface area contributed by atoms with Gasteiger partial charge in [-0.15, -0.1) is 0 Å². The van der Waals surface area contributed by atoms with Crippen molar-refractivity contribution in [1.29, 1.82) is 0 Å². The minimum absolute atomic E-state index is 0.324. The lowest BCUT2D eigenvalue weighted by atomic mass is 9.76. The Kier molecular flexibility index (Phi) is 5.16. The molecular weight excluding hydrogens is 260 g/mol. The van der Waals surface area contributed by atoms with Gasteiger partial charge in [0.1, 0.15) is 0 Å². The molecule has 0 radical (unpaired) electrons. The summed E-state index contributed by atoms with van der Waals surface area (Å²) < 4.78 is 5.09. The first-order valence-electron chi connectivity index (χ1n) is 7.37. The van der Waals surface area contributed by atoms with Crippen molar-refractivity contribution in [1.82, 2.24) is 0 Å². The molecule has 2 aromatic rings. The molecule has 0 aliphatic carbocycles. The highest BCUT2D eigenvalue weighted by Gasteiger charge is 2.30. The van der Waals surface area contributed by atoms with E-state index >= 15 is 0 Å². The van der Waals surface area contributed by atoms with Crippen LogP contribution in [-0.4, -0.2) is 18.8 Å². The van der Waals surface area contributed by atoms with Crippen LogP contribution in [0, 0.1) is 0 Å². The van der Waals surface area contributed by atoms with Gasteiger partial charge in [0.2, 0.25) is 0 Å². The molecule has 0 fully saturated rings. The quantitative estimate of drug-likeness (QED) is 0.872. The van der Waals surface area contributed by atoms with Crippen LogP contribution in [0.2, 0.25) is 0 Å². The van der Waals surface area contributed by atoms with Crippen molar-refractivity contribution in [3.63, 3.8) is 0 Å². The number of hydrogen-bond acceptors (Lipinski definition) is 2. The van der Waals surface area contributed by atoms with Crippen molar-refractivity contribution in [3.8, 4) is 0 Å². The lowest BCUT2D eigenvalue weighted by Crippen LogP contribution is -2.26. The first kappa shape index (κ1) is 15.7. The van der Waals surface area contributed by atoms with Crippen LogP contribution < -0.4 is 0 Å². The van der Waals surface area contributed by atoms with Gasteiger partial charge in [-0.3, -0.25) is 0 Å². The van der Waals surface area contributed by atoms with Gasteiger partial charge < -0.3 is 9.84 Å². The molecule has 2 nitrogen and oxygen atoms in total. The zero-order valence-corrected chi connectivity index (χ0v) is 13.0. The second kappa shape index (κ2) is 6.88. The van der Waals surface area contributed by atoms with Crippen molar-refractivity contribution in [2.24, 2.45) is 0 Å². The minimum atomic E-state index is -0.531.